The Morgan fingerprint density at radius 3 is 2.46 bits per heavy atom. The van der Waals surface area contributed by atoms with Crippen molar-refractivity contribution in [3.05, 3.63) is 82.4 Å². The standard InChI is InChI=1S/C34H38F2O5/c1-19-28(32(37)38)34(19)15-7-8-21-10-14-27(30(36)29(21)34)41-18-20-9-12-23(24-17-22(39-5)11-13-26(24)35)25(16-20)31(40-6)33(2,3)4/h9-14,16-17,19,28,31H,7-8,15,18H2,1-6H3,(H,37,38). The molecular weight excluding hydrogens is 526 g/mol. The number of hydrogen-bond acceptors (Lipinski definition) is 4. The second-order valence-corrected chi connectivity index (χ2v) is 12.4. The number of carboxylic acid groups (broad SMARTS) is 1. The Hall–Kier alpha value is -3.45. The molecule has 1 spiro atoms. The van der Waals surface area contributed by atoms with Crippen LogP contribution in [0.2, 0.25) is 0 Å². The van der Waals surface area contributed by atoms with Gasteiger partial charge in [0.25, 0.3) is 0 Å². The Morgan fingerprint density at radius 2 is 1.83 bits per heavy atom. The highest BCUT2D eigenvalue weighted by Crippen LogP contribution is 2.66. The molecule has 4 unspecified atom stereocenters. The Morgan fingerprint density at radius 1 is 1.07 bits per heavy atom. The summed E-state index contributed by atoms with van der Waals surface area (Å²) in [5, 5.41) is 9.78. The number of aliphatic carboxylic acids is 1. The predicted octanol–water partition coefficient (Wildman–Crippen LogP) is 7.88. The van der Waals surface area contributed by atoms with Crippen molar-refractivity contribution in [3.8, 4) is 22.6 Å². The van der Waals surface area contributed by atoms with E-state index < -0.39 is 23.1 Å². The molecule has 3 aromatic carbocycles. The lowest BCUT2D eigenvalue weighted by atomic mass is 9.77. The molecule has 0 saturated heterocycles. The van der Waals surface area contributed by atoms with Gasteiger partial charge in [0, 0.05) is 23.7 Å². The first kappa shape index (κ1) is 29.1. The minimum atomic E-state index is -0.872. The van der Waals surface area contributed by atoms with Gasteiger partial charge in [-0.1, -0.05) is 45.9 Å². The molecule has 5 rings (SSSR count). The van der Waals surface area contributed by atoms with Crippen LogP contribution in [0.5, 0.6) is 11.5 Å². The quantitative estimate of drug-likeness (QED) is 0.302. The van der Waals surface area contributed by atoms with E-state index in [9.17, 15) is 9.90 Å². The van der Waals surface area contributed by atoms with Crippen molar-refractivity contribution in [2.75, 3.05) is 14.2 Å². The van der Waals surface area contributed by atoms with E-state index in [0.717, 1.165) is 29.5 Å². The zero-order valence-electron chi connectivity index (χ0n) is 24.5. The maximum Gasteiger partial charge on any atom is 0.307 e. The molecule has 1 saturated carbocycles. The van der Waals surface area contributed by atoms with Crippen LogP contribution in [0.4, 0.5) is 8.78 Å². The third-order valence-electron chi connectivity index (χ3n) is 9.00. The van der Waals surface area contributed by atoms with Gasteiger partial charge in [-0.15, -0.1) is 0 Å². The molecule has 0 amide bonds. The van der Waals surface area contributed by atoms with Crippen LogP contribution in [0.3, 0.4) is 0 Å². The minimum absolute atomic E-state index is 0.0784. The Labute approximate surface area is 240 Å². The molecule has 0 heterocycles. The number of rotatable bonds is 8. The van der Waals surface area contributed by atoms with Crippen molar-refractivity contribution in [3.63, 3.8) is 0 Å². The molecule has 4 atom stereocenters. The third kappa shape index (κ3) is 4.99. The topological polar surface area (TPSA) is 65.0 Å². The number of carbonyl (C=O) groups is 1. The van der Waals surface area contributed by atoms with Crippen LogP contribution in [0.1, 0.15) is 68.9 Å². The molecule has 0 aromatic heterocycles. The summed E-state index contributed by atoms with van der Waals surface area (Å²) in [4.78, 5) is 11.9. The van der Waals surface area contributed by atoms with Gasteiger partial charge in [-0.25, -0.2) is 8.78 Å². The van der Waals surface area contributed by atoms with Crippen LogP contribution in [0.25, 0.3) is 11.1 Å². The maximum atomic E-state index is 16.0. The van der Waals surface area contributed by atoms with Crippen molar-refractivity contribution in [1.29, 1.82) is 0 Å². The van der Waals surface area contributed by atoms with Gasteiger partial charge in [-0.3, -0.25) is 4.79 Å². The fourth-order valence-corrected chi connectivity index (χ4v) is 7.06. The highest BCUT2D eigenvalue weighted by Gasteiger charge is 2.68. The Balaban J connectivity index is 1.50. The summed E-state index contributed by atoms with van der Waals surface area (Å²) in [6, 6.07) is 13.8. The maximum absolute atomic E-state index is 16.0. The first-order valence-corrected chi connectivity index (χ1v) is 14.1. The molecule has 218 valence electrons. The second-order valence-electron chi connectivity index (χ2n) is 12.4. The van der Waals surface area contributed by atoms with Crippen LogP contribution in [0, 0.1) is 28.9 Å². The van der Waals surface area contributed by atoms with E-state index in [1.54, 1.807) is 32.4 Å². The number of fused-ring (bicyclic) bond motifs is 2. The molecule has 5 nitrogen and oxygen atoms in total. The van der Waals surface area contributed by atoms with Gasteiger partial charge < -0.3 is 19.3 Å². The van der Waals surface area contributed by atoms with Crippen LogP contribution < -0.4 is 9.47 Å². The number of hydrogen-bond donors (Lipinski definition) is 1. The van der Waals surface area contributed by atoms with Gasteiger partial charge in [0.1, 0.15) is 18.2 Å². The zero-order valence-corrected chi connectivity index (χ0v) is 24.5. The normalized spacial score (nSPS) is 22.2. The summed E-state index contributed by atoms with van der Waals surface area (Å²) in [6.07, 6.45) is 1.87. The van der Waals surface area contributed by atoms with Gasteiger partial charge in [0.2, 0.25) is 0 Å². The van der Waals surface area contributed by atoms with E-state index >= 15 is 8.78 Å². The molecule has 1 N–H and O–H groups in total. The van der Waals surface area contributed by atoms with Crippen molar-refractivity contribution in [2.45, 2.75) is 65.1 Å². The lowest BCUT2D eigenvalue weighted by molar-refractivity contribution is -0.139. The summed E-state index contributed by atoms with van der Waals surface area (Å²) >= 11 is 0. The fourth-order valence-electron chi connectivity index (χ4n) is 7.06. The van der Waals surface area contributed by atoms with Gasteiger partial charge in [-0.2, -0.15) is 0 Å². The molecule has 0 radical (unpaired) electrons. The third-order valence-corrected chi connectivity index (χ3v) is 9.00. The highest BCUT2D eigenvalue weighted by molar-refractivity contribution is 5.79. The molecule has 2 aliphatic rings. The summed E-state index contributed by atoms with van der Waals surface area (Å²) in [5.41, 5.74) is 3.04. The number of methoxy groups -OCH3 is 2. The average molecular weight is 565 g/mol. The van der Waals surface area contributed by atoms with Crippen molar-refractivity contribution < 1.29 is 32.9 Å². The molecule has 41 heavy (non-hydrogen) atoms. The van der Waals surface area contributed by atoms with Crippen LogP contribution >= 0.6 is 0 Å². The highest BCUT2D eigenvalue weighted by atomic mass is 19.1. The van der Waals surface area contributed by atoms with Crippen LogP contribution in [0.15, 0.2) is 48.5 Å². The number of benzene rings is 3. The molecule has 7 heteroatoms. The Bertz CT molecular complexity index is 1480. The van der Waals surface area contributed by atoms with Crippen molar-refractivity contribution in [2.24, 2.45) is 17.3 Å². The predicted molar refractivity (Wildman–Crippen MR) is 153 cm³/mol. The number of halogens is 2. The average Bonchev–Trinajstić information content (AvgIpc) is 3.51. The molecular formula is C34H38F2O5. The Kier molecular flexibility index (Phi) is 7.62. The summed E-state index contributed by atoms with van der Waals surface area (Å²) < 4.78 is 48.4. The SMILES string of the molecule is COc1ccc(F)c(-c2ccc(COc3ccc4c(c3F)C3(CCC4)C(C)C3C(=O)O)cc2C(OC)C(C)(C)C)c1. The van der Waals surface area contributed by atoms with Crippen molar-refractivity contribution >= 4 is 5.97 Å². The van der Waals surface area contributed by atoms with E-state index in [1.165, 1.54) is 6.07 Å². The lowest BCUT2D eigenvalue weighted by Gasteiger charge is -2.32. The van der Waals surface area contributed by atoms with Gasteiger partial charge in [0.15, 0.2) is 11.6 Å². The lowest BCUT2D eigenvalue weighted by Crippen LogP contribution is -2.24. The minimum Gasteiger partial charge on any atom is -0.497 e. The van der Waals surface area contributed by atoms with E-state index in [-0.39, 0.29) is 35.6 Å². The molecule has 0 aliphatic heterocycles. The number of aryl methyl sites for hydroxylation is 1. The molecule has 2 aliphatic carbocycles. The number of carboxylic acids is 1. The molecule has 1 fully saturated rings. The smallest absolute Gasteiger partial charge is 0.307 e. The van der Waals surface area contributed by atoms with Crippen molar-refractivity contribution in [1.82, 2.24) is 0 Å². The molecule has 0 bridgehead atoms. The van der Waals surface area contributed by atoms with Gasteiger partial charge in [0.05, 0.1) is 19.1 Å². The first-order chi connectivity index (χ1) is 19.4. The first-order valence-electron chi connectivity index (χ1n) is 14.1. The monoisotopic (exact) mass is 564 g/mol. The van der Waals surface area contributed by atoms with Crippen LogP contribution in [-0.4, -0.2) is 25.3 Å². The van der Waals surface area contributed by atoms with E-state index in [1.807, 2.05) is 31.2 Å². The van der Waals surface area contributed by atoms with Gasteiger partial charge in [-0.05, 0) is 83.2 Å². The summed E-state index contributed by atoms with van der Waals surface area (Å²) in [7, 11) is 3.17. The van der Waals surface area contributed by atoms with E-state index in [4.69, 9.17) is 14.2 Å². The largest absolute Gasteiger partial charge is 0.497 e. The van der Waals surface area contributed by atoms with E-state index in [2.05, 4.69) is 20.8 Å². The zero-order chi connectivity index (χ0) is 29.7. The van der Waals surface area contributed by atoms with Gasteiger partial charge >= 0.3 is 5.97 Å². The number of ether oxygens (including phenoxy) is 3. The second kappa shape index (κ2) is 10.8. The fraction of sp³-hybridized carbons (Fsp3) is 0.441. The van der Waals surface area contributed by atoms with E-state index in [0.29, 0.717) is 28.9 Å². The summed E-state index contributed by atoms with van der Waals surface area (Å²) in [5.74, 6) is -1.77. The summed E-state index contributed by atoms with van der Waals surface area (Å²) in [6.45, 7) is 8.14. The van der Waals surface area contributed by atoms with Crippen LogP contribution in [-0.2, 0) is 28.0 Å². The molecule has 3 aromatic rings.